The Labute approximate surface area is 117 Å². The topological polar surface area (TPSA) is 72.2 Å². The molecule has 0 spiro atoms. The maximum Gasteiger partial charge on any atom is 0.240 e. The van der Waals surface area contributed by atoms with Crippen LogP contribution in [-0.2, 0) is 16.6 Å². The number of nitrogens with one attached hydrogen (secondary N) is 1. The summed E-state index contributed by atoms with van der Waals surface area (Å²) in [5, 5.41) is -0.129. The first-order chi connectivity index (χ1) is 8.77. The molecule has 0 amide bonds. The number of sulfonamides is 1. The summed E-state index contributed by atoms with van der Waals surface area (Å²) in [6.07, 6.45) is 2.00. The normalized spacial score (nSPS) is 17.5. The van der Waals surface area contributed by atoms with Crippen molar-refractivity contribution < 1.29 is 12.8 Å². The fourth-order valence-corrected chi connectivity index (χ4v) is 3.11. The van der Waals surface area contributed by atoms with Crippen molar-refractivity contribution in [2.45, 2.75) is 31.2 Å². The van der Waals surface area contributed by atoms with Crippen molar-refractivity contribution in [2.75, 3.05) is 6.54 Å². The monoisotopic (exact) mass is 306 g/mol. The molecular formula is C12H16ClFN2O2S. The lowest BCUT2D eigenvalue weighted by Crippen LogP contribution is -2.29. The van der Waals surface area contributed by atoms with Crippen molar-refractivity contribution in [1.29, 1.82) is 0 Å². The van der Waals surface area contributed by atoms with Gasteiger partial charge in [-0.3, -0.25) is 0 Å². The zero-order valence-electron chi connectivity index (χ0n) is 10.5. The van der Waals surface area contributed by atoms with Gasteiger partial charge in [0.1, 0.15) is 5.82 Å². The number of nitrogens with two attached hydrogens (primary N) is 1. The van der Waals surface area contributed by atoms with Gasteiger partial charge in [-0.25, -0.2) is 17.5 Å². The molecular weight excluding hydrogens is 291 g/mol. The maximum absolute atomic E-state index is 13.6. The van der Waals surface area contributed by atoms with Gasteiger partial charge in [-0.2, -0.15) is 0 Å². The highest BCUT2D eigenvalue weighted by molar-refractivity contribution is 7.89. The van der Waals surface area contributed by atoms with Gasteiger partial charge in [-0.15, -0.1) is 0 Å². The zero-order valence-corrected chi connectivity index (χ0v) is 12.1. The van der Waals surface area contributed by atoms with Gasteiger partial charge < -0.3 is 5.73 Å². The predicted molar refractivity (Wildman–Crippen MR) is 71.8 cm³/mol. The Morgan fingerprint density at radius 2 is 2.11 bits per heavy atom. The summed E-state index contributed by atoms with van der Waals surface area (Å²) in [6.45, 7) is 2.34. The van der Waals surface area contributed by atoms with Crippen LogP contribution < -0.4 is 10.5 Å². The van der Waals surface area contributed by atoms with Crippen LogP contribution in [0.3, 0.4) is 0 Å². The zero-order chi connectivity index (χ0) is 14.3. The molecule has 0 saturated heterocycles. The average Bonchev–Trinajstić information content (AvgIpc) is 3.09. The van der Waals surface area contributed by atoms with Crippen LogP contribution in [0.2, 0.25) is 5.02 Å². The largest absolute Gasteiger partial charge is 0.326 e. The molecule has 0 aliphatic heterocycles. The first kappa shape index (κ1) is 14.7. The second kappa shape index (κ2) is 5.01. The van der Waals surface area contributed by atoms with E-state index in [1.54, 1.807) is 0 Å². The van der Waals surface area contributed by atoms with E-state index in [1.165, 1.54) is 6.07 Å². The molecule has 0 bridgehead atoms. The van der Waals surface area contributed by atoms with Gasteiger partial charge in [0.05, 0.1) is 9.92 Å². The first-order valence-corrected chi connectivity index (χ1v) is 7.81. The van der Waals surface area contributed by atoms with E-state index < -0.39 is 15.8 Å². The Morgan fingerprint density at radius 1 is 1.47 bits per heavy atom. The van der Waals surface area contributed by atoms with E-state index in [1.807, 2.05) is 6.92 Å². The van der Waals surface area contributed by atoms with E-state index in [0.717, 1.165) is 18.9 Å². The second-order valence-corrected chi connectivity index (χ2v) is 7.36. The lowest BCUT2D eigenvalue weighted by molar-refractivity contribution is 0.529. The van der Waals surface area contributed by atoms with Crippen LogP contribution in [0.5, 0.6) is 0 Å². The van der Waals surface area contributed by atoms with Crippen LogP contribution in [0.15, 0.2) is 17.0 Å². The Balaban J connectivity index is 2.26. The molecule has 0 unspecified atom stereocenters. The predicted octanol–water partition coefficient (Wildman–Crippen LogP) is 2.02. The van der Waals surface area contributed by atoms with Crippen molar-refractivity contribution in [1.82, 2.24) is 4.72 Å². The first-order valence-electron chi connectivity index (χ1n) is 5.95. The molecule has 1 aromatic carbocycles. The van der Waals surface area contributed by atoms with Gasteiger partial charge in [-0.05, 0) is 36.0 Å². The minimum Gasteiger partial charge on any atom is -0.326 e. The molecule has 3 N–H and O–H groups in total. The van der Waals surface area contributed by atoms with Gasteiger partial charge in [0.25, 0.3) is 0 Å². The number of benzene rings is 1. The van der Waals surface area contributed by atoms with Crippen molar-refractivity contribution in [3.63, 3.8) is 0 Å². The minimum atomic E-state index is -3.73. The molecule has 2 rings (SSSR count). The maximum atomic E-state index is 13.6. The molecule has 0 atom stereocenters. The van der Waals surface area contributed by atoms with E-state index in [4.69, 9.17) is 17.3 Å². The van der Waals surface area contributed by atoms with E-state index in [0.29, 0.717) is 6.54 Å². The lowest BCUT2D eigenvalue weighted by atomic mass is 10.2. The Bertz CT molecular complexity index is 600. The fourth-order valence-electron chi connectivity index (χ4n) is 1.66. The standard InChI is InChI=1S/C12H16ClFN2O2S/c1-12(2-3-12)7-16-19(17,18)9-4-8(6-15)11(13)10(14)5-9/h4-5,16H,2-3,6-7,15H2,1H3. The molecule has 1 fully saturated rings. The summed E-state index contributed by atoms with van der Waals surface area (Å²) in [7, 11) is -3.73. The molecule has 7 heteroatoms. The van der Waals surface area contributed by atoms with Gasteiger partial charge in [0.15, 0.2) is 0 Å². The highest BCUT2D eigenvalue weighted by atomic mass is 35.5. The number of rotatable bonds is 5. The molecule has 1 saturated carbocycles. The quantitative estimate of drug-likeness (QED) is 0.874. The summed E-state index contributed by atoms with van der Waals surface area (Å²) < 4.78 is 40.2. The van der Waals surface area contributed by atoms with Gasteiger partial charge in [0, 0.05) is 13.1 Å². The third kappa shape index (κ3) is 3.25. The van der Waals surface area contributed by atoms with E-state index in [2.05, 4.69) is 4.72 Å². The Kier molecular flexibility index (Phi) is 3.88. The van der Waals surface area contributed by atoms with Crippen molar-refractivity contribution >= 4 is 21.6 Å². The van der Waals surface area contributed by atoms with Gasteiger partial charge in [-0.1, -0.05) is 18.5 Å². The molecule has 106 valence electrons. The molecule has 4 nitrogen and oxygen atoms in total. The van der Waals surface area contributed by atoms with Crippen LogP contribution >= 0.6 is 11.6 Å². The van der Waals surface area contributed by atoms with Crippen molar-refractivity contribution in [3.8, 4) is 0 Å². The van der Waals surface area contributed by atoms with E-state index in [-0.39, 0.29) is 27.4 Å². The Morgan fingerprint density at radius 3 is 2.63 bits per heavy atom. The van der Waals surface area contributed by atoms with Crippen molar-refractivity contribution in [3.05, 3.63) is 28.5 Å². The minimum absolute atomic E-state index is 0.0170. The molecule has 1 aliphatic rings. The van der Waals surface area contributed by atoms with Crippen LogP contribution in [0.1, 0.15) is 25.3 Å². The second-order valence-electron chi connectivity index (χ2n) is 5.22. The molecule has 0 heterocycles. The van der Waals surface area contributed by atoms with Gasteiger partial charge in [0.2, 0.25) is 10.0 Å². The highest BCUT2D eigenvalue weighted by Gasteiger charge is 2.38. The van der Waals surface area contributed by atoms with Crippen LogP contribution in [-0.4, -0.2) is 15.0 Å². The third-order valence-electron chi connectivity index (χ3n) is 3.40. The molecule has 19 heavy (non-hydrogen) atoms. The highest BCUT2D eigenvalue weighted by Crippen LogP contribution is 2.44. The average molecular weight is 307 g/mol. The molecule has 0 aromatic heterocycles. The summed E-state index contributed by atoms with van der Waals surface area (Å²) in [4.78, 5) is -0.140. The van der Waals surface area contributed by atoms with E-state index >= 15 is 0 Å². The van der Waals surface area contributed by atoms with E-state index in [9.17, 15) is 12.8 Å². The van der Waals surface area contributed by atoms with Crippen LogP contribution in [0, 0.1) is 11.2 Å². The summed E-state index contributed by atoms with van der Waals surface area (Å²) in [6, 6.07) is 2.22. The smallest absolute Gasteiger partial charge is 0.240 e. The fraction of sp³-hybridized carbons (Fsp3) is 0.500. The molecule has 0 radical (unpaired) electrons. The van der Waals surface area contributed by atoms with Crippen LogP contribution in [0.4, 0.5) is 4.39 Å². The lowest BCUT2D eigenvalue weighted by Gasteiger charge is -2.12. The SMILES string of the molecule is CC1(CNS(=O)(=O)c2cc(F)c(Cl)c(CN)c2)CC1. The van der Waals surface area contributed by atoms with Crippen molar-refractivity contribution in [2.24, 2.45) is 11.1 Å². The third-order valence-corrected chi connectivity index (χ3v) is 5.20. The van der Waals surface area contributed by atoms with Gasteiger partial charge >= 0.3 is 0 Å². The number of hydrogen-bond acceptors (Lipinski definition) is 3. The summed E-state index contributed by atoms with van der Waals surface area (Å²) in [5.41, 5.74) is 5.73. The Hall–Kier alpha value is -0.690. The number of halogens is 2. The molecule has 1 aliphatic carbocycles. The van der Waals surface area contributed by atoms with Crippen LogP contribution in [0.25, 0.3) is 0 Å². The molecule has 1 aromatic rings. The summed E-state index contributed by atoms with van der Waals surface area (Å²) >= 11 is 5.70. The summed E-state index contributed by atoms with van der Waals surface area (Å²) in [5.74, 6) is -0.775. The number of hydrogen-bond donors (Lipinski definition) is 2.